The summed E-state index contributed by atoms with van der Waals surface area (Å²) < 4.78 is 0. The number of fused-ring (bicyclic) bond motifs is 1. The van der Waals surface area contributed by atoms with E-state index in [1.54, 1.807) is 0 Å². The lowest BCUT2D eigenvalue weighted by atomic mass is 10.0. The number of hydrogen-bond acceptors (Lipinski definition) is 2. The maximum Gasteiger partial charge on any atom is 0.258 e. The zero-order valence-electron chi connectivity index (χ0n) is 13.3. The van der Waals surface area contributed by atoms with E-state index in [0.29, 0.717) is 22.2 Å². The molecule has 1 amide bonds. The molecular weight excluding hydrogens is 310 g/mol. The van der Waals surface area contributed by atoms with E-state index in [0.717, 1.165) is 16.6 Å². The Labute approximate surface area is 139 Å². The molecule has 0 bridgehead atoms. The van der Waals surface area contributed by atoms with Crippen LogP contribution in [0.4, 0.5) is 5.69 Å². The summed E-state index contributed by atoms with van der Waals surface area (Å²) >= 11 is 6.40. The molecule has 1 aromatic carbocycles. The molecule has 4 nitrogen and oxygen atoms in total. The van der Waals surface area contributed by atoms with Gasteiger partial charge in [0, 0.05) is 23.5 Å². The van der Waals surface area contributed by atoms with Crippen molar-refractivity contribution in [2.45, 2.75) is 26.7 Å². The van der Waals surface area contributed by atoms with Gasteiger partial charge in [0.15, 0.2) is 0 Å². The van der Waals surface area contributed by atoms with Crippen molar-refractivity contribution in [2.75, 3.05) is 5.32 Å². The highest BCUT2D eigenvalue weighted by Crippen LogP contribution is 2.28. The lowest BCUT2D eigenvalue weighted by Gasteiger charge is -2.09. The monoisotopic (exact) mass is 327 g/mol. The van der Waals surface area contributed by atoms with Crippen molar-refractivity contribution in [3.8, 4) is 0 Å². The second-order valence-corrected chi connectivity index (χ2v) is 6.29. The van der Waals surface area contributed by atoms with Crippen molar-refractivity contribution in [1.82, 2.24) is 9.97 Å². The van der Waals surface area contributed by atoms with Crippen molar-refractivity contribution in [3.05, 3.63) is 58.4 Å². The Morgan fingerprint density at radius 1 is 1.26 bits per heavy atom. The van der Waals surface area contributed by atoms with Gasteiger partial charge in [0.2, 0.25) is 0 Å². The van der Waals surface area contributed by atoms with Gasteiger partial charge in [0.1, 0.15) is 5.65 Å². The lowest BCUT2D eigenvalue weighted by Crippen LogP contribution is -2.13. The minimum Gasteiger partial charge on any atom is -0.346 e. The first-order valence-corrected chi connectivity index (χ1v) is 7.88. The van der Waals surface area contributed by atoms with Crippen molar-refractivity contribution in [3.63, 3.8) is 0 Å². The van der Waals surface area contributed by atoms with Gasteiger partial charge < -0.3 is 10.3 Å². The number of aromatic amines is 1. The van der Waals surface area contributed by atoms with Gasteiger partial charge in [-0.3, -0.25) is 4.79 Å². The Bertz CT molecular complexity index is 866. The number of benzene rings is 1. The van der Waals surface area contributed by atoms with Crippen molar-refractivity contribution >= 4 is 34.2 Å². The second kappa shape index (κ2) is 6.05. The van der Waals surface area contributed by atoms with Crippen LogP contribution in [0.3, 0.4) is 0 Å². The highest BCUT2D eigenvalue weighted by atomic mass is 35.5. The van der Waals surface area contributed by atoms with Gasteiger partial charge in [-0.05, 0) is 36.1 Å². The van der Waals surface area contributed by atoms with Crippen LogP contribution in [0.15, 0.2) is 36.7 Å². The maximum absolute atomic E-state index is 12.5. The topological polar surface area (TPSA) is 57.8 Å². The Kier molecular flexibility index (Phi) is 4.09. The molecule has 2 heterocycles. The fraction of sp³-hybridized carbons (Fsp3) is 0.222. The van der Waals surface area contributed by atoms with Crippen LogP contribution in [0.1, 0.15) is 41.3 Å². The molecule has 0 atom stereocenters. The number of carbonyl (C=O) groups is 1. The Morgan fingerprint density at radius 3 is 2.61 bits per heavy atom. The number of halogens is 1. The van der Waals surface area contributed by atoms with Crippen LogP contribution >= 0.6 is 11.6 Å². The average Bonchev–Trinajstić information content (AvgIpc) is 2.90. The molecule has 0 saturated heterocycles. The van der Waals surface area contributed by atoms with E-state index in [2.05, 4.69) is 29.1 Å². The van der Waals surface area contributed by atoms with Crippen LogP contribution in [0, 0.1) is 6.92 Å². The van der Waals surface area contributed by atoms with Gasteiger partial charge in [0.05, 0.1) is 10.6 Å². The third-order valence-corrected chi connectivity index (χ3v) is 4.31. The third-order valence-electron chi connectivity index (χ3n) is 3.92. The van der Waals surface area contributed by atoms with Crippen molar-refractivity contribution in [2.24, 2.45) is 0 Å². The van der Waals surface area contributed by atoms with E-state index >= 15 is 0 Å². The molecule has 0 radical (unpaired) electrons. The van der Waals surface area contributed by atoms with Crippen LogP contribution in [0.25, 0.3) is 11.0 Å². The van der Waals surface area contributed by atoms with E-state index in [4.69, 9.17) is 11.6 Å². The first kappa shape index (κ1) is 15.6. The number of nitrogens with one attached hydrogen (secondary N) is 2. The standard InChI is InChI=1S/C18H18ClN3O/c1-10(2)12-4-6-13(7-5-12)22-18(23)14-9-21-17-15(16(14)19)11(3)8-20-17/h4-10H,1-3H3,(H,20,21)(H,22,23). The largest absolute Gasteiger partial charge is 0.346 e. The summed E-state index contributed by atoms with van der Waals surface area (Å²) in [6.07, 6.45) is 3.33. The van der Waals surface area contributed by atoms with Crippen LogP contribution in [-0.2, 0) is 0 Å². The normalized spacial score (nSPS) is 11.2. The number of carbonyl (C=O) groups excluding carboxylic acids is 1. The predicted molar refractivity (Wildman–Crippen MR) is 94.3 cm³/mol. The lowest BCUT2D eigenvalue weighted by molar-refractivity contribution is 0.102. The molecule has 3 aromatic rings. The molecule has 0 saturated carbocycles. The van der Waals surface area contributed by atoms with Gasteiger partial charge in [-0.1, -0.05) is 37.6 Å². The number of H-pyrrole nitrogens is 1. The summed E-state index contributed by atoms with van der Waals surface area (Å²) in [5.41, 5.74) is 3.99. The zero-order chi connectivity index (χ0) is 16.6. The highest BCUT2D eigenvalue weighted by molar-refractivity contribution is 6.39. The molecule has 118 valence electrons. The molecule has 0 fully saturated rings. The molecule has 3 rings (SSSR count). The van der Waals surface area contributed by atoms with E-state index < -0.39 is 0 Å². The van der Waals surface area contributed by atoms with Gasteiger partial charge in [-0.15, -0.1) is 0 Å². The minimum atomic E-state index is -0.262. The van der Waals surface area contributed by atoms with E-state index in [-0.39, 0.29) is 5.91 Å². The number of aryl methyl sites for hydroxylation is 1. The van der Waals surface area contributed by atoms with Gasteiger partial charge in [0.25, 0.3) is 5.91 Å². The fourth-order valence-electron chi connectivity index (χ4n) is 2.52. The number of pyridine rings is 1. The number of rotatable bonds is 3. The van der Waals surface area contributed by atoms with Crippen LogP contribution in [0.5, 0.6) is 0 Å². The fourth-order valence-corrected chi connectivity index (χ4v) is 2.89. The summed E-state index contributed by atoms with van der Waals surface area (Å²) in [5.74, 6) is 0.194. The minimum absolute atomic E-state index is 0.262. The molecule has 0 aliphatic rings. The van der Waals surface area contributed by atoms with Crippen LogP contribution in [0.2, 0.25) is 5.02 Å². The number of anilines is 1. The van der Waals surface area contributed by atoms with Crippen molar-refractivity contribution < 1.29 is 4.79 Å². The summed E-state index contributed by atoms with van der Waals surface area (Å²) in [5, 5.41) is 4.08. The number of aromatic nitrogens is 2. The Hall–Kier alpha value is -2.33. The van der Waals surface area contributed by atoms with Gasteiger partial charge >= 0.3 is 0 Å². The van der Waals surface area contributed by atoms with Crippen molar-refractivity contribution in [1.29, 1.82) is 0 Å². The Morgan fingerprint density at radius 2 is 1.96 bits per heavy atom. The molecule has 2 aromatic heterocycles. The molecular formula is C18H18ClN3O. The van der Waals surface area contributed by atoms with Crippen LogP contribution in [-0.4, -0.2) is 15.9 Å². The molecule has 2 N–H and O–H groups in total. The van der Waals surface area contributed by atoms with Gasteiger partial charge in [-0.2, -0.15) is 0 Å². The smallest absolute Gasteiger partial charge is 0.258 e. The molecule has 0 aliphatic heterocycles. The molecule has 23 heavy (non-hydrogen) atoms. The summed E-state index contributed by atoms with van der Waals surface area (Å²) in [6, 6.07) is 7.82. The zero-order valence-corrected chi connectivity index (χ0v) is 14.0. The average molecular weight is 328 g/mol. The Balaban J connectivity index is 1.88. The summed E-state index contributed by atoms with van der Waals surface area (Å²) in [7, 11) is 0. The molecule has 0 aliphatic carbocycles. The number of nitrogens with zero attached hydrogens (tertiary/aromatic N) is 1. The van der Waals surface area contributed by atoms with Crippen LogP contribution < -0.4 is 5.32 Å². The summed E-state index contributed by atoms with van der Waals surface area (Å²) in [6.45, 7) is 6.19. The maximum atomic E-state index is 12.5. The SMILES string of the molecule is Cc1c[nH]c2ncc(C(=O)Nc3ccc(C(C)C)cc3)c(Cl)c12. The van der Waals surface area contributed by atoms with E-state index in [1.807, 2.05) is 37.4 Å². The second-order valence-electron chi connectivity index (χ2n) is 5.91. The number of hydrogen-bond donors (Lipinski definition) is 2. The quantitative estimate of drug-likeness (QED) is 0.718. The first-order chi connectivity index (χ1) is 11.0. The summed E-state index contributed by atoms with van der Waals surface area (Å²) in [4.78, 5) is 19.8. The first-order valence-electron chi connectivity index (χ1n) is 7.51. The molecule has 0 spiro atoms. The number of amides is 1. The highest BCUT2D eigenvalue weighted by Gasteiger charge is 2.16. The molecule has 5 heteroatoms. The molecule has 0 unspecified atom stereocenters. The third kappa shape index (κ3) is 2.94. The van der Waals surface area contributed by atoms with E-state index in [1.165, 1.54) is 11.8 Å². The van der Waals surface area contributed by atoms with Gasteiger partial charge in [-0.25, -0.2) is 4.98 Å². The van der Waals surface area contributed by atoms with E-state index in [9.17, 15) is 4.79 Å². The predicted octanol–water partition coefficient (Wildman–Crippen LogP) is 4.90.